The van der Waals surface area contributed by atoms with Crippen LogP contribution in [-0.4, -0.2) is 70.6 Å². The lowest BCUT2D eigenvalue weighted by atomic mass is 9.94. The Labute approximate surface area is 147 Å². The molecule has 0 bridgehead atoms. The highest BCUT2D eigenvalue weighted by molar-refractivity contribution is 7.99. The molecule has 2 saturated heterocycles. The number of ether oxygens (including phenoxy) is 1. The van der Waals surface area contributed by atoms with E-state index in [1.807, 2.05) is 6.92 Å². The van der Waals surface area contributed by atoms with Gasteiger partial charge in [0.1, 0.15) is 5.82 Å². The summed E-state index contributed by atoms with van der Waals surface area (Å²) >= 11 is 1.56. The minimum absolute atomic E-state index is 0.123. The van der Waals surface area contributed by atoms with Gasteiger partial charge in [0.25, 0.3) is 0 Å². The van der Waals surface area contributed by atoms with Crippen molar-refractivity contribution in [2.24, 2.45) is 5.92 Å². The van der Waals surface area contributed by atoms with Crippen LogP contribution in [0.25, 0.3) is 0 Å². The topological polar surface area (TPSA) is 83.1 Å². The van der Waals surface area contributed by atoms with E-state index in [9.17, 15) is 4.79 Å². The number of amides is 1. The molecule has 1 amide bonds. The number of piperidine rings is 1. The van der Waals surface area contributed by atoms with E-state index in [1.54, 1.807) is 11.8 Å². The molecule has 0 spiro atoms. The van der Waals surface area contributed by atoms with Crippen LogP contribution >= 0.6 is 11.8 Å². The van der Waals surface area contributed by atoms with Crippen LogP contribution in [0.15, 0.2) is 5.16 Å². The summed E-state index contributed by atoms with van der Waals surface area (Å²) in [5.74, 6) is 1.92. The van der Waals surface area contributed by atoms with Crippen molar-refractivity contribution < 1.29 is 9.53 Å². The van der Waals surface area contributed by atoms with Crippen LogP contribution in [-0.2, 0) is 9.53 Å². The molecule has 3 rings (SSSR count). The van der Waals surface area contributed by atoms with E-state index >= 15 is 0 Å². The molecule has 0 aliphatic carbocycles. The van der Waals surface area contributed by atoms with Crippen molar-refractivity contribution in [3.05, 3.63) is 5.82 Å². The molecule has 1 aromatic rings. The summed E-state index contributed by atoms with van der Waals surface area (Å²) in [6, 6.07) is 0.596. The molecule has 2 aliphatic rings. The quantitative estimate of drug-likeness (QED) is 0.591. The first kappa shape index (κ1) is 17.7. The molecule has 134 valence electrons. The minimum Gasteiger partial charge on any atom is -0.381 e. The zero-order chi connectivity index (χ0) is 16.8. The molecule has 0 unspecified atom stereocenters. The molecule has 7 nitrogen and oxygen atoms in total. The van der Waals surface area contributed by atoms with Gasteiger partial charge in [0.15, 0.2) is 0 Å². The second kappa shape index (κ2) is 8.82. The summed E-state index contributed by atoms with van der Waals surface area (Å²) in [5, 5.41) is 10.7. The Morgan fingerprint density at radius 1 is 1.42 bits per heavy atom. The SMILES string of the molecule is Cc1nc(SCCNC(=O)[C@@H]2CCCN(C3CCOCC3)C2)n[nH]1. The zero-order valence-corrected chi connectivity index (χ0v) is 15.1. The number of carbonyl (C=O) groups is 1. The van der Waals surface area contributed by atoms with Gasteiger partial charge in [-0.15, -0.1) is 5.10 Å². The third-order valence-electron chi connectivity index (χ3n) is 4.74. The van der Waals surface area contributed by atoms with Gasteiger partial charge < -0.3 is 10.1 Å². The van der Waals surface area contributed by atoms with E-state index < -0.39 is 0 Å². The Bertz CT molecular complexity index is 532. The smallest absolute Gasteiger partial charge is 0.224 e. The monoisotopic (exact) mass is 353 g/mol. The van der Waals surface area contributed by atoms with E-state index in [0.29, 0.717) is 12.6 Å². The lowest BCUT2D eigenvalue weighted by molar-refractivity contribution is -0.127. The Morgan fingerprint density at radius 2 is 2.25 bits per heavy atom. The number of aryl methyl sites for hydroxylation is 1. The number of H-pyrrole nitrogens is 1. The summed E-state index contributed by atoms with van der Waals surface area (Å²) in [7, 11) is 0. The van der Waals surface area contributed by atoms with Crippen LogP contribution in [0.5, 0.6) is 0 Å². The Hall–Kier alpha value is -1.12. The number of thioether (sulfide) groups is 1. The molecular formula is C16H27N5O2S. The van der Waals surface area contributed by atoms with Gasteiger partial charge in [0, 0.05) is 38.1 Å². The highest BCUT2D eigenvalue weighted by Gasteiger charge is 2.30. The van der Waals surface area contributed by atoms with Gasteiger partial charge in [0.2, 0.25) is 11.1 Å². The zero-order valence-electron chi connectivity index (χ0n) is 14.3. The Balaban J connectivity index is 1.37. The molecule has 2 aliphatic heterocycles. The minimum atomic E-state index is 0.123. The van der Waals surface area contributed by atoms with Crippen molar-refractivity contribution in [3.63, 3.8) is 0 Å². The van der Waals surface area contributed by atoms with Gasteiger partial charge in [-0.25, -0.2) is 4.98 Å². The van der Waals surface area contributed by atoms with Crippen molar-refractivity contribution in [1.29, 1.82) is 0 Å². The van der Waals surface area contributed by atoms with Gasteiger partial charge in [-0.2, -0.15) is 0 Å². The second-order valence-electron chi connectivity index (χ2n) is 6.52. The molecule has 2 fully saturated rings. The number of carbonyl (C=O) groups excluding carboxylic acids is 1. The summed E-state index contributed by atoms with van der Waals surface area (Å²) in [5.41, 5.74) is 0. The average molecular weight is 353 g/mol. The number of nitrogens with one attached hydrogen (secondary N) is 2. The van der Waals surface area contributed by atoms with Crippen LogP contribution in [0, 0.1) is 12.8 Å². The van der Waals surface area contributed by atoms with Crippen molar-refractivity contribution in [2.75, 3.05) is 38.6 Å². The summed E-state index contributed by atoms with van der Waals surface area (Å²) in [6.07, 6.45) is 4.31. The fourth-order valence-electron chi connectivity index (χ4n) is 3.45. The number of nitrogens with zero attached hydrogens (tertiary/aromatic N) is 3. The molecule has 2 N–H and O–H groups in total. The normalized spacial score (nSPS) is 23.3. The highest BCUT2D eigenvalue weighted by Crippen LogP contribution is 2.23. The maximum atomic E-state index is 12.4. The predicted octanol–water partition coefficient (Wildman–Crippen LogP) is 1.21. The molecule has 0 radical (unpaired) electrons. The van der Waals surface area contributed by atoms with E-state index in [4.69, 9.17) is 4.74 Å². The van der Waals surface area contributed by atoms with Crippen LogP contribution in [0.1, 0.15) is 31.5 Å². The lowest BCUT2D eigenvalue weighted by Gasteiger charge is -2.39. The first-order valence-corrected chi connectivity index (χ1v) is 9.82. The maximum Gasteiger partial charge on any atom is 0.224 e. The largest absolute Gasteiger partial charge is 0.381 e. The van der Waals surface area contributed by atoms with Crippen molar-refractivity contribution in [1.82, 2.24) is 25.4 Å². The van der Waals surface area contributed by atoms with Gasteiger partial charge in [-0.05, 0) is 39.2 Å². The fraction of sp³-hybridized carbons (Fsp3) is 0.812. The summed E-state index contributed by atoms with van der Waals surface area (Å²) in [6.45, 7) is 6.26. The predicted molar refractivity (Wildman–Crippen MR) is 93.0 cm³/mol. The molecular weight excluding hydrogens is 326 g/mol. The number of hydrogen-bond acceptors (Lipinski definition) is 6. The standard InChI is InChI=1S/C16H27N5O2S/c1-12-18-16(20-19-12)24-10-6-17-15(22)13-3-2-7-21(11-13)14-4-8-23-9-5-14/h13-14H,2-11H2,1H3,(H,17,22)(H,18,19,20)/t13-/m1/s1. The van der Waals surface area contributed by atoms with Crippen LogP contribution in [0.4, 0.5) is 0 Å². The number of hydrogen-bond donors (Lipinski definition) is 2. The molecule has 3 heterocycles. The average Bonchev–Trinajstić information content (AvgIpc) is 3.05. The molecule has 1 atom stereocenters. The second-order valence-corrected chi connectivity index (χ2v) is 7.58. The summed E-state index contributed by atoms with van der Waals surface area (Å²) in [4.78, 5) is 19.2. The molecule has 0 aromatic carbocycles. The van der Waals surface area contributed by atoms with E-state index in [-0.39, 0.29) is 11.8 Å². The Kier molecular flexibility index (Phi) is 6.51. The van der Waals surface area contributed by atoms with Crippen molar-refractivity contribution >= 4 is 17.7 Å². The molecule has 0 saturated carbocycles. The van der Waals surface area contributed by atoms with Crippen LogP contribution in [0.3, 0.4) is 0 Å². The van der Waals surface area contributed by atoms with Crippen molar-refractivity contribution in [3.8, 4) is 0 Å². The first-order chi connectivity index (χ1) is 11.7. The Morgan fingerprint density at radius 3 is 3.00 bits per heavy atom. The van der Waals surface area contributed by atoms with Crippen LogP contribution in [0.2, 0.25) is 0 Å². The van der Waals surface area contributed by atoms with Gasteiger partial charge >= 0.3 is 0 Å². The summed E-state index contributed by atoms with van der Waals surface area (Å²) < 4.78 is 5.45. The van der Waals surface area contributed by atoms with E-state index in [0.717, 1.165) is 68.7 Å². The highest BCUT2D eigenvalue weighted by atomic mass is 32.2. The van der Waals surface area contributed by atoms with Gasteiger partial charge in [-0.1, -0.05) is 11.8 Å². The van der Waals surface area contributed by atoms with Gasteiger partial charge in [0.05, 0.1) is 5.92 Å². The first-order valence-electron chi connectivity index (χ1n) is 8.83. The third-order valence-corrected chi connectivity index (χ3v) is 5.59. The number of likely N-dealkylation sites (tertiary alicyclic amines) is 1. The van der Waals surface area contributed by atoms with E-state index in [1.165, 1.54) is 0 Å². The lowest BCUT2D eigenvalue weighted by Crippen LogP contribution is -2.48. The van der Waals surface area contributed by atoms with Crippen molar-refractivity contribution in [2.45, 2.75) is 43.8 Å². The number of rotatable bonds is 6. The molecule has 24 heavy (non-hydrogen) atoms. The third kappa shape index (κ3) is 4.94. The number of aromatic amines is 1. The molecule has 1 aromatic heterocycles. The maximum absolute atomic E-state index is 12.4. The molecule has 8 heteroatoms. The fourth-order valence-corrected chi connectivity index (χ4v) is 4.15. The van der Waals surface area contributed by atoms with E-state index in [2.05, 4.69) is 25.4 Å². The number of aromatic nitrogens is 3. The van der Waals surface area contributed by atoms with Crippen LogP contribution < -0.4 is 5.32 Å². The van der Waals surface area contributed by atoms with Gasteiger partial charge in [-0.3, -0.25) is 14.8 Å².